The van der Waals surface area contributed by atoms with Crippen molar-refractivity contribution < 1.29 is 18.1 Å². The fraction of sp³-hybridized carbons (Fsp3) is 0.250. The van der Waals surface area contributed by atoms with Crippen molar-refractivity contribution in [2.45, 2.75) is 4.90 Å². The van der Waals surface area contributed by atoms with Crippen LogP contribution < -0.4 is 9.46 Å². The van der Waals surface area contributed by atoms with Crippen molar-refractivity contribution in [3.63, 3.8) is 0 Å². The van der Waals surface area contributed by atoms with E-state index in [0.717, 1.165) is 6.07 Å². The molecule has 0 amide bonds. The second-order valence-electron chi connectivity index (χ2n) is 2.80. The second-order valence-corrected chi connectivity index (χ2v) is 4.65. The zero-order valence-corrected chi connectivity index (χ0v) is 9.45. The smallest absolute Gasteiger partial charge is 0.271 e. The minimum atomic E-state index is -3.78. The predicted molar refractivity (Wildman–Crippen MR) is 55.9 cm³/mol. The van der Waals surface area contributed by atoms with Crippen LogP contribution in [-0.2, 0) is 10.0 Å². The summed E-state index contributed by atoms with van der Waals surface area (Å²) in [6.07, 6.45) is 0. The van der Waals surface area contributed by atoms with E-state index in [4.69, 9.17) is 4.74 Å². The molecule has 16 heavy (non-hydrogen) atoms. The van der Waals surface area contributed by atoms with Crippen LogP contribution in [0.15, 0.2) is 23.1 Å². The van der Waals surface area contributed by atoms with Crippen molar-refractivity contribution in [1.82, 2.24) is 4.72 Å². The molecule has 1 aromatic carbocycles. The summed E-state index contributed by atoms with van der Waals surface area (Å²) in [6, 6.07) is 3.36. The minimum Gasteiger partial charge on any atom is -0.495 e. The largest absolute Gasteiger partial charge is 0.495 e. The quantitative estimate of drug-likeness (QED) is 0.616. The lowest BCUT2D eigenvalue weighted by Crippen LogP contribution is -2.19. The van der Waals surface area contributed by atoms with E-state index in [2.05, 4.69) is 4.72 Å². The van der Waals surface area contributed by atoms with Gasteiger partial charge in [0, 0.05) is 12.1 Å². The maximum absolute atomic E-state index is 11.5. The van der Waals surface area contributed by atoms with Gasteiger partial charge in [0.25, 0.3) is 5.69 Å². The van der Waals surface area contributed by atoms with Crippen molar-refractivity contribution in [2.24, 2.45) is 0 Å². The first kappa shape index (κ1) is 12.4. The number of ether oxygens (including phenoxy) is 1. The van der Waals surface area contributed by atoms with Gasteiger partial charge in [-0.2, -0.15) is 0 Å². The molecular weight excluding hydrogens is 236 g/mol. The number of nitrogens with one attached hydrogen (secondary N) is 1. The number of rotatable bonds is 4. The Bertz CT molecular complexity index is 511. The number of sulfonamides is 1. The van der Waals surface area contributed by atoms with E-state index in [1.807, 2.05) is 0 Å². The van der Waals surface area contributed by atoms with Gasteiger partial charge >= 0.3 is 0 Å². The summed E-state index contributed by atoms with van der Waals surface area (Å²) in [6.45, 7) is 0. The number of benzene rings is 1. The summed E-state index contributed by atoms with van der Waals surface area (Å²) in [5.74, 6) is 0.0555. The van der Waals surface area contributed by atoms with Gasteiger partial charge in [-0.1, -0.05) is 0 Å². The maximum atomic E-state index is 11.5. The molecule has 1 N–H and O–H groups in total. The Kier molecular flexibility index (Phi) is 3.45. The third-order valence-corrected chi connectivity index (χ3v) is 3.35. The van der Waals surface area contributed by atoms with Crippen molar-refractivity contribution in [2.75, 3.05) is 14.2 Å². The molecule has 0 aromatic heterocycles. The van der Waals surface area contributed by atoms with E-state index >= 15 is 0 Å². The van der Waals surface area contributed by atoms with Gasteiger partial charge in [-0.15, -0.1) is 0 Å². The molecule has 7 nitrogen and oxygen atoms in total. The molecule has 0 fully saturated rings. The van der Waals surface area contributed by atoms with Gasteiger partial charge in [0.2, 0.25) is 10.0 Å². The highest BCUT2D eigenvalue weighted by Crippen LogP contribution is 2.27. The molecule has 0 saturated heterocycles. The zero-order valence-electron chi connectivity index (χ0n) is 8.63. The first-order chi connectivity index (χ1) is 7.42. The highest BCUT2D eigenvalue weighted by atomic mass is 32.2. The molecule has 88 valence electrons. The van der Waals surface area contributed by atoms with E-state index in [9.17, 15) is 18.5 Å². The predicted octanol–water partition coefficient (Wildman–Crippen LogP) is 0.512. The Balaban J connectivity index is 3.45. The van der Waals surface area contributed by atoms with Crippen LogP contribution in [0.1, 0.15) is 0 Å². The van der Waals surface area contributed by atoms with E-state index < -0.39 is 14.9 Å². The minimum absolute atomic E-state index is 0.0555. The van der Waals surface area contributed by atoms with Gasteiger partial charge < -0.3 is 4.74 Å². The molecular formula is C8H10N2O5S. The van der Waals surface area contributed by atoms with Crippen molar-refractivity contribution in [3.8, 4) is 5.75 Å². The highest BCUT2D eigenvalue weighted by Gasteiger charge is 2.21. The van der Waals surface area contributed by atoms with Crippen LogP contribution in [-0.4, -0.2) is 27.5 Å². The summed E-state index contributed by atoms with van der Waals surface area (Å²) in [7, 11) is -1.27. The lowest BCUT2D eigenvalue weighted by atomic mass is 10.3. The molecule has 0 atom stereocenters. The summed E-state index contributed by atoms with van der Waals surface area (Å²) in [4.78, 5) is 9.59. The molecule has 0 saturated carbocycles. The molecule has 0 bridgehead atoms. The zero-order chi connectivity index (χ0) is 12.3. The second kappa shape index (κ2) is 4.45. The molecule has 0 radical (unpaired) electrons. The molecule has 0 aliphatic heterocycles. The molecule has 1 rings (SSSR count). The lowest BCUT2D eigenvalue weighted by Gasteiger charge is -2.07. The number of hydrogen-bond acceptors (Lipinski definition) is 5. The average Bonchev–Trinajstić information content (AvgIpc) is 2.28. The fourth-order valence-electron chi connectivity index (χ4n) is 1.10. The van der Waals surface area contributed by atoms with Crippen LogP contribution >= 0.6 is 0 Å². The fourth-order valence-corrected chi connectivity index (χ4v) is 2.01. The Labute approximate surface area is 92.2 Å². The highest BCUT2D eigenvalue weighted by molar-refractivity contribution is 7.89. The number of nitro benzene ring substituents is 1. The third-order valence-electron chi connectivity index (χ3n) is 1.92. The van der Waals surface area contributed by atoms with Crippen LogP contribution in [0.2, 0.25) is 0 Å². The van der Waals surface area contributed by atoms with E-state index in [1.54, 1.807) is 0 Å². The van der Waals surface area contributed by atoms with Crippen LogP contribution in [0.5, 0.6) is 5.75 Å². The Hall–Kier alpha value is -1.67. The molecule has 0 unspecified atom stereocenters. The lowest BCUT2D eigenvalue weighted by molar-refractivity contribution is -0.385. The summed E-state index contributed by atoms with van der Waals surface area (Å²) in [5.41, 5.74) is -0.311. The van der Waals surface area contributed by atoms with Crippen molar-refractivity contribution >= 4 is 15.7 Å². The Morgan fingerprint density at radius 1 is 1.44 bits per heavy atom. The average molecular weight is 246 g/mol. The molecule has 1 aromatic rings. The normalized spacial score (nSPS) is 11.1. The van der Waals surface area contributed by atoms with Gasteiger partial charge in [-0.05, 0) is 13.1 Å². The number of hydrogen-bond donors (Lipinski definition) is 1. The Morgan fingerprint density at radius 3 is 2.50 bits per heavy atom. The SMILES string of the molecule is CNS(=O)(=O)c1cc([N+](=O)[O-])ccc1OC. The molecule has 0 heterocycles. The van der Waals surface area contributed by atoms with Crippen LogP contribution in [0.3, 0.4) is 0 Å². The van der Waals surface area contributed by atoms with Gasteiger partial charge in [0.05, 0.1) is 12.0 Å². The molecule has 0 spiro atoms. The maximum Gasteiger partial charge on any atom is 0.271 e. The topological polar surface area (TPSA) is 98.5 Å². The Morgan fingerprint density at radius 2 is 2.06 bits per heavy atom. The van der Waals surface area contributed by atoms with E-state index in [1.165, 1.54) is 26.3 Å². The first-order valence-electron chi connectivity index (χ1n) is 4.18. The molecule has 0 aliphatic carbocycles. The molecule has 0 aliphatic rings. The van der Waals surface area contributed by atoms with Gasteiger partial charge in [-0.25, -0.2) is 13.1 Å². The van der Waals surface area contributed by atoms with Gasteiger partial charge in [0.1, 0.15) is 10.6 Å². The summed E-state index contributed by atoms with van der Waals surface area (Å²) < 4.78 is 30.0. The number of non-ortho nitro benzene ring substituents is 1. The van der Waals surface area contributed by atoms with E-state index in [0.29, 0.717) is 0 Å². The van der Waals surface area contributed by atoms with Crippen LogP contribution in [0.4, 0.5) is 5.69 Å². The summed E-state index contributed by atoms with van der Waals surface area (Å²) >= 11 is 0. The van der Waals surface area contributed by atoms with Crippen LogP contribution in [0.25, 0.3) is 0 Å². The standard InChI is InChI=1S/C8H10N2O5S/c1-9-16(13,14)8-5-6(10(11)12)3-4-7(8)15-2/h3-5,9H,1-2H3. The number of nitrogens with zero attached hydrogens (tertiary/aromatic N) is 1. The summed E-state index contributed by atoms with van der Waals surface area (Å²) in [5, 5.41) is 10.5. The number of nitro groups is 1. The van der Waals surface area contributed by atoms with Crippen molar-refractivity contribution in [1.29, 1.82) is 0 Å². The first-order valence-corrected chi connectivity index (χ1v) is 5.66. The van der Waals surface area contributed by atoms with Gasteiger partial charge in [0.15, 0.2) is 0 Å². The van der Waals surface area contributed by atoms with Gasteiger partial charge in [-0.3, -0.25) is 10.1 Å². The van der Waals surface area contributed by atoms with Crippen molar-refractivity contribution in [3.05, 3.63) is 28.3 Å². The van der Waals surface area contributed by atoms with E-state index in [-0.39, 0.29) is 16.3 Å². The third kappa shape index (κ3) is 2.28. The number of methoxy groups -OCH3 is 1. The van der Waals surface area contributed by atoms with Crippen LogP contribution in [0, 0.1) is 10.1 Å². The monoisotopic (exact) mass is 246 g/mol. The molecule has 8 heteroatoms.